The van der Waals surface area contributed by atoms with E-state index in [0.717, 1.165) is 14.5 Å². The fourth-order valence-electron chi connectivity index (χ4n) is 2.61. The van der Waals surface area contributed by atoms with Crippen LogP contribution in [-0.4, -0.2) is 49.8 Å². The molecule has 3 aromatic rings. The SMILES string of the molecule is Cc1ccc(S(=O)(=O)N(C)C)cc1NC(=O)C(C)OC(=O)c1ccc2ncsc2c1. The van der Waals surface area contributed by atoms with E-state index in [1.165, 1.54) is 44.5 Å². The second-order valence-electron chi connectivity index (χ2n) is 6.84. The molecule has 1 N–H and O–H groups in total. The number of nitrogens with zero attached hydrogens (tertiary/aromatic N) is 2. The van der Waals surface area contributed by atoms with Crippen molar-refractivity contribution < 1.29 is 22.7 Å². The number of nitrogens with one attached hydrogen (secondary N) is 1. The van der Waals surface area contributed by atoms with Gasteiger partial charge in [-0.15, -0.1) is 11.3 Å². The molecule has 0 spiro atoms. The van der Waals surface area contributed by atoms with Crippen LogP contribution in [0, 0.1) is 6.92 Å². The number of thiazole rings is 1. The highest BCUT2D eigenvalue weighted by Gasteiger charge is 2.22. The molecule has 10 heteroatoms. The first-order valence-electron chi connectivity index (χ1n) is 8.98. The lowest BCUT2D eigenvalue weighted by Crippen LogP contribution is -2.30. The molecule has 0 aliphatic rings. The van der Waals surface area contributed by atoms with Gasteiger partial charge in [-0.1, -0.05) is 6.07 Å². The second kappa shape index (κ2) is 8.50. The molecular formula is C20H21N3O5S2. The zero-order valence-electron chi connectivity index (χ0n) is 16.9. The van der Waals surface area contributed by atoms with Crippen molar-refractivity contribution in [3.8, 4) is 0 Å². The van der Waals surface area contributed by atoms with E-state index in [4.69, 9.17) is 4.74 Å². The van der Waals surface area contributed by atoms with Gasteiger partial charge < -0.3 is 10.1 Å². The Bertz CT molecular complexity index is 1220. The van der Waals surface area contributed by atoms with Gasteiger partial charge in [0.15, 0.2) is 6.10 Å². The largest absolute Gasteiger partial charge is 0.449 e. The van der Waals surface area contributed by atoms with E-state index in [-0.39, 0.29) is 4.90 Å². The Hall–Kier alpha value is -2.82. The number of benzene rings is 2. The van der Waals surface area contributed by atoms with Crippen LogP contribution in [0.4, 0.5) is 5.69 Å². The van der Waals surface area contributed by atoms with Gasteiger partial charge in [0.2, 0.25) is 10.0 Å². The van der Waals surface area contributed by atoms with Crippen LogP contribution in [0.5, 0.6) is 0 Å². The molecule has 1 aromatic heterocycles. The van der Waals surface area contributed by atoms with Crippen LogP contribution in [0.15, 0.2) is 46.8 Å². The minimum atomic E-state index is -3.65. The van der Waals surface area contributed by atoms with E-state index in [9.17, 15) is 18.0 Å². The third-order valence-corrected chi connectivity index (χ3v) is 7.07. The zero-order valence-corrected chi connectivity index (χ0v) is 18.5. The highest BCUT2D eigenvalue weighted by molar-refractivity contribution is 7.89. The summed E-state index contributed by atoms with van der Waals surface area (Å²) in [6.07, 6.45) is -1.08. The average Bonchev–Trinajstić information content (AvgIpc) is 3.17. The molecular weight excluding hydrogens is 426 g/mol. The van der Waals surface area contributed by atoms with Gasteiger partial charge in [0.25, 0.3) is 5.91 Å². The maximum absolute atomic E-state index is 12.5. The molecule has 3 rings (SSSR count). The highest BCUT2D eigenvalue weighted by atomic mass is 32.2. The van der Waals surface area contributed by atoms with Gasteiger partial charge >= 0.3 is 5.97 Å². The Labute approximate surface area is 178 Å². The number of sulfonamides is 1. The van der Waals surface area contributed by atoms with Gasteiger partial charge in [0.1, 0.15) is 0 Å². The number of aryl methyl sites for hydroxylation is 1. The molecule has 30 heavy (non-hydrogen) atoms. The molecule has 158 valence electrons. The first kappa shape index (κ1) is 21.9. The molecule has 8 nitrogen and oxygen atoms in total. The van der Waals surface area contributed by atoms with Crippen molar-refractivity contribution in [3.63, 3.8) is 0 Å². The van der Waals surface area contributed by atoms with Gasteiger partial charge in [-0.2, -0.15) is 0 Å². The number of rotatable bonds is 6. The number of hydrogen-bond donors (Lipinski definition) is 1. The molecule has 0 aliphatic heterocycles. The fraction of sp³-hybridized carbons (Fsp3) is 0.250. The Balaban J connectivity index is 1.73. The van der Waals surface area contributed by atoms with Gasteiger partial charge in [-0.05, 0) is 49.7 Å². The predicted molar refractivity (Wildman–Crippen MR) is 115 cm³/mol. The summed E-state index contributed by atoms with van der Waals surface area (Å²) in [5, 5.41) is 2.64. The molecule has 1 amide bonds. The minimum absolute atomic E-state index is 0.0518. The number of esters is 1. The number of ether oxygens (including phenoxy) is 1. The van der Waals surface area contributed by atoms with Crippen LogP contribution < -0.4 is 5.32 Å². The summed E-state index contributed by atoms with van der Waals surface area (Å²) >= 11 is 1.40. The van der Waals surface area contributed by atoms with Crippen molar-refractivity contribution in [2.24, 2.45) is 0 Å². The summed E-state index contributed by atoms with van der Waals surface area (Å²) in [6.45, 7) is 3.19. The van der Waals surface area contributed by atoms with Crippen LogP contribution in [0.2, 0.25) is 0 Å². The summed E-state index contributed by atoms with van der Waals surface area (Å²) in [5.41, 5.74) is 3.79. The third kappa shape index (κ3) is 4.50. The lowest BCUT2D eigenvalue weighted by atomic mass is 10.2. The van der Waals surface area contributed by atoms with Crippen LogP contribution in [0.1, 0.15) is 22.8 Å². The van der Waals surface area contributed by atoms with Crippen molar-refractivity contribution >= 4 is 49.1 Å². The lowest BCUT2D eigenvalue weighted by molar-refractivity contribution is -0.123. The van der Waals surface area contributed by atoms with Crippen LogP contribution >= 0.6 is 11.3 Å². The van der Waals surface area contributed by atoms with Crippen molar-refractivity contribution in [1.29, 1.82) is 0 Å². The van der Waals surface area contributed by atoms with Crippen LogP contribution in [-0.2, 0) is 19.6 Å². The van der Waals surface area contributed by atoms with E-state index in [2.05, 4.69) is 10.3 Å². The lowest BCUT2D eigenvalue weighted by Gasteiger charge is -2.17. The van der Waals surface area contributed by atoms with Gasteiger partial charge in [0.05, 0.1) is 26.2 Å². The maximum Gasteiger partial charge on any atom is 0.338 e. The molecule has 1 heterocycles. The van der Waals surface area contributed by atoms with E-state index < -0.39 is 28.0 Å². The molecule has 0 bridgehead atoms. The molecule has 0 fully saturated rings. The monoisotopic (exact) mass is 447 g/mol. The first-order valence-corrected chi connectivity index (χ1v) is 11.3. The number of hydrogen-bond acceptors (Lipinski definition) is 7. The summed E-state index contributed by atoms with van der Waals surface area (Å²) in [7, 11) is -0.790. The Morgan fingerprint density at radius 1 is 1.17 bits per heavy atom. The number of amides is 1. The minimum Gasteiger partial charge on any atom is -0.449 e. The average molecular weight is 448 g/mol. The summed E-state index contributed by atoms with van der Waals surface area (Å²) in [5.74, 6) is -1.20. The second-order valence-corrected chi connectivity index (χ2v) is 9.87. The van der Waals surface area contributed by atoms with E-state index in [1.54, 1.807) is 36.7 Å². The summed E-state index contributed by atoms with van der Waals surface area (Å²) < 4.78 is 31.9. The third-order valence-electron chi connectivity index (χ3n) is 4.47. The smallest absolute Gasteiger partial charge is 0.338 e. The first-order chi connectivity index (χ1) is 14.1. The van der Waals surface area contributed by atoms with Crippen LogP contribution in [0.3, 0.4) is 0 Å². The number of aromatic nitrogens is 1. The molecule has 0 saturated heterocycles. The van der Waals surface area contributed by atoms with Crippen LogP contribution in [0.25, 0.3) is 10.2 Å². The Morgan fingerprint density at radius 2 is 1.90 bits per heavy atom. The molecule has 0 aliphatic carbocycles. The maximum atomic E-state index is 12.5. The quantitative estimate of drug-likeness (QED) is 0.582. The van der Waals surface area contributed by atoms with Gasteiger partial charge in [-0.25, -0.2) is 22.5 Å². The van der Waals surface area contributed by atoms with Gasteiger partial charge in [0, 0.05) is 19.8 Å². The van der Waals surface area contributed by atoms with Gasteiger partial charge in [-0.3, -0.25) is 4.79 Å². The number of carbonyl (C=O) groups is 2. The Kier molecular flexibility index (Phi) is 6.20. The topological polar surface area (TPSA) is 106 Å². The van der Waals surface area contributed by atoms with E-state index in [0.29, 0.717) is 16.8 Å². The zero-order chi connectivity index (χ0) is 22.1. The molecule has 0 radical (unpaired) electrons. The number of carbonyl (C=O) groups excluding carboxylic acids is 2. The molecule has 2 aromatic carbocycles. The standard InChI is InChI=1S/C20H21N3O5S2/c1-12-5-7-15(30(26,27)23(3)4)10-17(12)22-19(24)13(2)28-20(25)14-6-8-16-18(9-14)29-11-21-16/h5-11,13H,1-4H3,(H,22,24). The number of anilines is 1. The fourth-order valence-corrected chi connectivity index (χ4v) is 4.25. The predicted octanol–water partition coefficient (Wildman–Crippen LogP) is 3.04. The summed E-state index contributed by atoms with van der Waals surface area (Å²) in [4.78, 5) is 29.2. The summed E-state index contributed by atoms with van der Waals surface area (Å²) in [6, 6.07) is 9.43. The molecule has 0 saturated carbocycles. The Morgan fingerprint density at radius 3 is 2.60 bits per heavy atom. The molecule has 1 atom stereocenters. The van der Waals surface area contributed by atoms with Crippen molar-refractivity contribution in [3.05, 3.63) is 53.0 Å². The van der Waals surface area contributed by atoms with Crippen molar-refractivity contribution in [2.45, 2.75) is 24.8 Å². The van der Waals surface area contributed by atoms with E-state index >= 15 is 0 Å². The highest BCUT2D eigenvalue weighted by Crippen LogP contribution is 2.23. The van der Waals surface area contributed by atoms with Crippen molar-refractivity contribution in [2.75, 3.05) is 19.4 Å². The van der Waals surface area contributed by atoms with E-state index in [1.807, 2.05) is 0 Å². The van der Waals surface area contributed by atoms with Crippen molar-refractivity contribution in [1.82, 2.24) is 9.29 Å². The normalized spacial score (nSPS) is 12.7. The molecule has 1 unspecified atom stereocenters. The number of fused-ring (bicyclic) bond motifs is 1.